The molecule has 2 atom stereocenters. The first kappa shape index (κ1) is 36.3. The van der Waals surface area contributed by atoms with Crippen molar-refractivity contribution in [3.05, 3.63) is 119 Å². The number of methoxy groups -OCH3 is 2. The number of amides is 2. The average Bonchev–Trinajstić information content (AvgIpc) is 3.09. The van der Waals surface area contributed by atoms with Gasteiger partial charge < -0.3 is 19.7 Å². The fourth-order valence-corrected chi connectivity index (χ4v) is 6.66. The maximum absolute atomic E-state index is 14.7. The topological polar surface area (TPSA) is 105 Å². The third-order valence-corrected chi connectivity index (χ3v) is 10.1. The summed E-state index contributed by atoms with van der Waals surface area (Å²) < 4.78 is 40.5. The summed E-state index contributed by atoms with van der Waals surface area (Å²) in [6.07, 6.45) is 0.903. The molecule has 0 aromatic heterocycles. The van der Waals surface area contributed by atoms with E-state index in [1.807, 2.05) is 51.1 Å². The van der Waals surface area contributed by atoms with E-state index in [0.29, 0.717) is 22.9 Å². The average molecular weight is 692 g/mol. The molecule has 0 radical (unpaired) electrons. The van der Waals surface area contributed by atoms with Crippen molar-refractivity contribution in [1.82, 2.24) is 10.2 Å². The highest BCUT2D eigenvalue weighted by Gasteiger charge is 2.35. The molecule has 4 rings (SSSR count). The molecule has 0 bridgehead atoms. The Morgan fingerprint density at radius 2 is 1.50 bits per heavy atom. The van der Waals surface area contributed by atoms with E-state index < -0.39 is 28.5 Å². The predicted octanol–water partition coefficient (Wildman–Crippen LogP) is 6.42. The van der Waals surface area contributed by atoms with E-state index >= 15 is 0 Å². The van der Waals surface area contributed by atoms with Gasteiger partial charge in [0.25, 0.3) is 10.0 Å². The lowest BCUT2D eigenvalue weighted by molar-refractivity contribution is -0.140. The number of aryl methyl sites for hydroxylation is 1. The smallest absolute Gasteiger partial charge is 0.264 e. The Morgan fingerprint density at radius 1 is 0.854 bits per heavy atom. The maximum atomic E-state index is 14.7. The molecular weight excluding hydrogens is 650 g/mol. The zero-order valence-corrected chi connectivity index (χ0v) is 29.4. The second kappa shape index (κ2) is 16.5. The molecule has 0 aliphatic carbocycles. The molecule has 4 aromatic rings. The minimum absolute atomic E-state index is 0.00952. The summed E-state index contributed by atoms with van der Waals surface area (Å²) in [6.45, 7) is 5.16. The molecule has 254 valence electrons. The predicted molar refractivity (Wildman–Crippen MR) is 189 cm³/mol. The Bertz CT molecular complexity index is 1780. The fraction of sp³-hybridized carbons (Fsp3) is 0.297. The number of nitrogens with zero attached hydrogens (tertiary/aromatic N) is 2. The summed E-state index contributed by atoms with van der Waals surface area (Å²) in [6, 6.07) is 26.4. The molecule has 0 saturated carbocycles. The minimum Gasteiger partial charge on any atom is -0.493 e. The second-order valence-corrected chi connectivity index (χ2v) is 13.8. The third kappa shape index (κ3) is 9.08. The van der Waals surface area contributed by atoms with Gasteiger partial charge in [0.2, 0.25) is 11.8 Å². The summed E-state index contributed by atoms with van der Waals surface area (Å²) in [5, 5.41) is 3.56. The van der Waals surface area contributed by atoms with Crippen molar-refractivity contribution in [2.45, 2.75) is 57.1 Å². The van der Waals surface area contributed by atoms with Crippen LogP contribution in [-0.4, -0.2) is 58.0 Å². The molecule has 1 N–H and O–H groups in total. The van der Waals surface area contributed by atoms with Crippen LogP contribution in [0.25, 0.3) is 0 Å². The lowest BCUT2D eigenvalue weighted by Crippen LogP contribution is -2.54. The van der Waals surface area contributed by atoms with Gasteiger partial charge in [0.15, 0.2) is 11.5 Å². The van der Waals surface area contributed by atoms with Crippen LogP contribution in [0.5, 0.6) is 11.5 Å². The summed E-state index contributed by atoms with van der Waals surface area (Å²) in [7, 11) is -1.35. The fourth-order valence-electron chi connectivity index (χ4n) is 5.13. The summed E-state index contributed by atoms with van der Waals surface area (Å²) >= 11 is 6.17. The first-order chi connectivity index (χ1) is 23.0. The Morgan fingerprint density at radius 3 is 2.10 bits per heavy atom. The molecule has 0 heterocycles. The molecule has 0 fully saturated rings. The largest absolute Gasteiger partial charge is 0.493 e. The number of rotatable bonds is 15. The van der Waals surface area contributed by atoms with Crippen molar-refractivity contribution in [3.63, 3.8) is 0 Å². The molecule has 0 unspecified atom stereocenters. The SMILES string of the molecule is CC[C@H](C)NC(=O)[C@@H](Cc1ccccc1)N(Cc1ccc(Cl)cc1)C(=O)CN(c1ccc(OC)c(OC)c1)S(=O)(=O)c1ccc(C)cc1. The number of sulfonamides is 1. The van der Waals surface area contributed by atoms with Gasteiger partial charge in [0, 0.05) is 30.1 Å². The van der Waals surface area contributed by atoms with Crippen LogP contribution in [0.4, 0.5) is 5.69 Å². The molecule has 0 spiro atoms. The van der Waals surface area contributed by atoms with Gasteiger partial charge >= 0.3 is 0 Å². The third-order valence-electron chi connectivity index (χ3n) is 8.08. The van der Waals surface area contributed by atoms with Gasteiger partial charge in [0.1, 0.15) is 12.6 Å². The number of anilines is 1. The Labute approximate surface area is 288 Å². The number of carbonyl (C=O) groups is 2. The van der Waals surface area contributed by atoms with Crippen LogP contribution in [0.15, 0.2) is 102 Å². The highest BCUT2D eigenvalue weighted by Crippen LogP contribution is 2.34. The zero-order chi connectivity index (χ0) is 34.8. The number of benzene rings is 4. The zero-order valence-electron chi connectivity index (χ0n) is 27.9. The van der Waals surface area contributed by atoms with Crippen molar-refractivity contribution in [2.75, 3.05) is 25.1 Å². The van der Waals surface area contributed by atoms with Crippen LogP contribution in [0.3, 0.4) is 0 Å². The van der Waals surface area contributed by atoms with Crippen molar-refractivity contribution in [2.24, 2.45) is 0 Å². The van der Waals surface area contributed by atoms with Gasteiger partial charge in [-0.3, -0.25) is 13.9 Å². The summed E-state index contributed by atoms with van der Waals surface area (Å²) in [5.74, 6) is -0.223. The van der Waals surface area contributed by atoms with Crippen molar-refractivity contribution >= 4 is 39.1 Å². The lowest BCUT2D eigenvalue weighted by atomic mass is 10.0. The first-order valence-corrected chi connectivity index (χ1v) is 17.5. The molecule has 0 aliphatic rings. The van der Waals surface area contributed by atoms with Gasteiger partial charge in [0.05, 0.1) is 24.8 Å². The Kier molecular flexibility index (Phi) is 12.5. The van der Waals surface area contributed by atoms with Crippen LogP contribution in [0, 0.1) is 6.92 Å². The molecule has 2 amide bonds. The van der Waals surface area contributed by atoms with Gasteiger partial charge in [-0.2, -0.15) is 0 Å². The van der Waals surface area contributed by atoms with Crippen LogP contribution < -0.4 is 19.1 Å². The number of ether oxygens (including phenoxy) is 2. The quantitative estimate of drug-likeness (QED) is 0.154. The van der Waals surface area contributed by atoms with Gasteiger partial charge in [-0.1, -0.05) is 78.7 Å². The number of carbonyl (C=O) groups excluding carboxylic acids is 2. The summed E-state index contributed by atoms with van der Waals surface area (Å²) in [5.41, 5.74) is 2.64. The van der Waals surface area contributed by atoms with E-state index in [-0.39, 0.29) is 35.5 Å². The Balaban J connectivity index is 1.84. The van der Waals surface area contributed by atoms with E-state index in [4.69, 9.17) is 21.1 Å². The molecule has 9 nitrogen and oxygen atoms in total. The van der Waals surface area contributed by atoms with E-state index in [9.17, 15) is 18.0 Å². The molecule has 48 heavy (non-hydrogen) atoms. The molecule has 4 aromatic carbocycles. The highest BCUT2D eigenvalue weighted by molar-refractivity contribution is 7.92. The first-order valence-electron chi connectivity index (χ1n) is 15.7. The second-order valence-electron chi connectivity index (χ2n) is 11.5. The number of nitrogens with one attached hydrogen (secondary N) is 1. The van der Waals surface area contributed by atoms with Gasteiger partial charge in [-0.25, -0.2) is 8.42 Å². The van der Waals surface area contributed by atoms with Crippen LogP contribution in [-0.2, 0) is 32.6 Å². The molecular formula is C37H42ClN3O6S. The lowest BCUT2D eigenvalue weighted by Gasteiger charge is -2.34. The van der Waals surface area contributed by atoms with E-state index in [1.165, 1.54) is 37.3 Å². The standard InChI is InChI=1S/C37H42ClN3O6S/c1-6-27(3)39-37(43)33(22-28-10-8-7-9-11-28)40(24-29-14-16-30(38)17-15-29)36(42)25-41(31-18-21-34(46-4)35(23-31)47-5)48(44,45)32-19-12-26(2)13-20-32/h7-21,23,27,33H,6,22,24-25H2,1-5H3,(H,39,43)/t27-,33+/m0/s1. The Hall–Kier alpha value is -4.54. The maximum Gasteiger partial charge on any atom is 0.264 e. The molecule has 11 heteroatoms. The minimum atomic E-state index is -4.28. The summed E-state index contributed by atoms with van der Waals surface area (Å²) in [4.78, 5) is 30.1. The van der Waals surface area contributed by atoms with E-state index in [2.05, 4.69) is 5.32 Å². The van der Waals surface area contributed by atoms with E-state index in [1.54, 1.807) is 48.5 Å². The number of halogens is 1. The van der Waals surface area contributed by atoms with Gasteiger partial charge in [-0.05, 0) is 67.8 Å². The van der Waals surface area contributed by atoms with Crippen LogP contribution in [0.2, 0.25) is 5.02 Å². The molecule has 0 aliphatic heterocycles. The normalized spacial score (nSPS) is 12.5. The van der Waals surface area contributed by atoms with Crippen molar-refractivity contribution < 1.29 is 27.5 Å². The molecule has 0 saturated heterocycles. The highest BCUT2D eigenvalue weighted by atomic mass is 35.5. The van der Waals surface area contributed by atoms with Crippen LogP contribution in [0.1, 0.15) is 37.0 Å². The number of hydrogen-bond donors (Lipinski definition) is 1. The van der Waals surface area contributed by atoms with Gasteiger partial charge in [-0.15, -0.1) is 0 Å². The number of hydrogen-bond acceptors (Lipinski definition) is 6. The van der Waals surface area contributed by atoms with Crippen molar-refractivity contribution in [1.29, 1.82) is 0 Å². The van der Waals surface area contributed by atoms with Crippen molar-refractivity contribution in [3.8, 4) is 11.5 Å². The monoisotopic (exact) mass is 691 g/mol. The van der Waals surface area contributed by atoms with E-state index in [0.717, 1.165) is 21.0 Å². The van der Waals surface area contributed by atoms with Crippen LogP contribution >= 0.6 is 11.6 Å².